The van der Waals surface area contributed by atoms with Crippen LogP contribution < -0.4 is 5.23 Å². The van der Waals surface area contributed by atoms with Gasteiger partial charge >= 0.3 is 7.05 Å². The van der Waals surface area contributed by atoms with Crippen molar-refractivity contribution in [2.24, 2.45) is 0 Å². The van der Waals surface area contributed by atoms with Crippen molar-refractivity contribution in [3.8, 4) is 0 Å². The van der Waals surface area contributed by atoms with Gasteiger partial charge in [0.1, 0.15) is 0 Å². The number of hydrogen-bond donors (Lipinski definition) is 2. The average Bonchev–Trinajstić information content (AvgIpc) is 1.27. The molecule has 0 aliphatic carbocycles. The number of hydrogen-bond acceptors (Lipinski definition) is 2. The summed E-state index contributed by atoms with van der Waals surface area (Å²) in [5, 5.41) is 11.5. The van der Waals surface area contributed by atoms with Crippen molar-refractivity contribution in [1.29, 1.82) is 0 Å². The Bertz CT molecular complexity index is 41.0. The van der Waals surface area contributed by atoms with Gasteiger partial charge in [0.2, 0.25) is 0 Å². The molecule has 0 aromatic rings. The molecule has 3 heteroatoms. The van der Waals surface area contributed by atoms with Gasteiger partial charge < -0.3 is 10.3 Å². The third-order valence-electron chi connectivity index (χ3n) is 0.575. The highest BCUT2D eigenvalue weighted by Gasteiger charge is 2.01. The van der Waals surface area contributed by atoms with Crippen LogP contribution in [0.3, 0.4) is 0 Å². The van der Waals surface area contributed by atoms with Crippen molar-refractivity contribution in [3.05, 3.63) is 0 Å². The highest BCUT2D eigenvalue weighted by Crippen LogP contribution is 1.75. The van der Waals surface area contributed by atoms with Gasteiger partial charge in [0, 0.05) is 0 Å². The predicted molar refractivity (Wildman–Crippen MR) is 32.1 cm³/mol. The molecule has 0 heterocycles. The molecule has 2 N–H and O–H groups in total. The molecule has 0 unspecified atom stereocenters. The van der Waals surface area contributed by atoms with Crippen LogP contribution in [0.25, 0.3) is 0 Å². The average molecular weight is 101 g/mol. The first-order valence-electron chi connectivity index (χ1n) is 2.57. The van der Waals surface area contributed by atoms with E-state index in [9.17, 15) is 0 Å². The highest BCUT2D eigenvalue weighted by molar-refractivity contribution is 6.45. The van der Waals surface area contributed by atoms with Crippen molar-refractivity contribution in [1.82, 2.24) is 5.23 Å². The van der Waals surface area contributed by atoms with Gasteiger partial charge in [0.25, 0.3) is 0 Å². The second-order valence-electron chi connectivity index (χ2n) is 2.00. The second-order valence-corrected chi connectivity index (χ2v) is 2.00. The molecule has 0 atom stereocenters. The minimum atomic E-state index is -0.375. The molecule has 0 bridgehead atoms. The third kappa shape index (κ3) is 5.98. The molecule has 0 spiro atoms. The first-order valence-corrected chi connectivity index (χ1v) is 2.57. The van der Waals surface area contributed by atoms with Crippen LogP contribution in [0, 0.1) is 0 Å². The lowest BCUT2D eigenvalue weighted by atomic mass is 9.88. The largest absolute Gasteiger partial charge is 0.437 e. The maximum atomic E-state index is 8.61. The number of rotatable bonds is 2. The third-order valence-corrected chi connectivity index (χ3v) is 0.575. The van der Waals surface area contributed by atoms with E-state index in [2.05, 4.69) is 5.23 Å². The lowest BCUT2D eigenvalue weighted by Gasteiger charge is -2.05. The second kappa shape index (κ2) is 3.05. The Balaban J connectivity index is 2.95. The molecule has 0 aromatic carbocycles. The summed E-state index contributed by atoms with van der Waals surface area (Å²) in [5.41, 5.74) is 0. The SMILES string of the molecule is CB(O)NC(C)C. The summed E-state index contributed by atoms with van der Waals surface area (Å²) in [4.78, 5) is 0. The fourth-order valence-electron chi connectivity index (χ4n) is 0.482. The molecule has 0 aliphatic heterocycles. The molecule has 0 aromatic heterocycles. The van der Waals surface area contributed by atoms with E-state index in [1.165, 1.54) is 0 Å². The van der Waals surface area contributed by atoms with Crippen LogP contribution in [0.1, 0.15) is 13.8 Å². The van der Waals surface area contributed by atoms with Crippen molar-refractivity contribution >= 4 is 7.05 Å². The molecular formula is C4H12BNO. The van der Waals surface area contributed by atoms with Crippen LogP contribution >= 0.6 is 0 Å². The van der Waals surface area contributed by atoms with E-state index in [4.69, 9.17) is 5.02 Å². The Morgan fingerprint density at radius 2 is 2.00 bits per heavy atom. The van der Waals surface area contributed by atoms with Crippen LogP contribution in [0.4, 0.5) is 0 Å². The van der Waals surface area contributed by atoms with E-state index in [1.54, 1.807) is 6.82 Å². The summed E-state index contributed by atoms with van der Waals surface area (Å²) in [5.74, 6) is 0. The molecule has 7 heavy (non-hydrogen) atoms. The van der Waals surface area contributed by atoms with Gasteiger partial charge in [-0.2, -0.15) is 0 Å². The van der Waals surface area contributed by atoms with E-state index >= 15 is 0 Å². The predicted octanol–water partition coefficient (Wildman–Crippen LogP) is 0.0947. The van der Waals surface area contributed by atoms with Crippen LogP contribution in [0.5, 0.6) is 0 Å². The Hall–Kier alpha value is -0.0151. The van der Waals surface area contributed by atoms with Crippen molar-refractivity contribution in [2.45, 2.75) is 26.7 Å². The lowest BCUT2D eigenvalue weighted by molar-refractivity contribution is 0.538. The zero-order valence-corrected chi connectivity index (χ0v) is 5.10. The highest BCUT2D eigenvalue weighted by atomic mass is 16.2. The molecule has 0 fully saturated rings. The van der Waals surface area contributed by atoms with Gasteiger partial charge in [-0.1, -0.05) is 13.8 Å². The summed E-state index contributed by atoms with van der Waals surface area (Å²) in [6.07, 6.45) is 0. The van der Waals surface area contributed by atoms with Crippen molar-refractivity contribution < 1.29 is 5.02 Å². The minimum Gasteiger partial charge on any atom is -0.437 e. The normalized spacial score (nSPS) is 9.86. The van der Waals surface area contributed by atoms with E-state index in [-0.39, 0.29) is 7.05 Å². The van der Waals surface area contributed by atoms with Crippen molar-refractivity contribution in [3.63, 3.8) is 0 Å². The van der Waals surface area contributed by atoms with Crippen LogP contribution in [0.2, 0.25) is 6.82 Å². The molecule has 0 aliphatic rings. The maximum Gasteiger partial charge on any atom is 0.373 e. The Labute approximate surface area is 45.1 Å². The van der Waals surface area contributed by atoms with E-state index in [0.29, 0.717) is 6.04 Å². The lowest BCUT2D eigenvalue weighted by Crippen LogP contribution is -2.36. The van der Waals surface area contributed by atoms with Crippen LogP contribution in [0.15, 0.2) is 0 Å². The Kier molecular flexibility index (Phi) is 3.04. The smallest absolute Gasteiger partial charge is 0.373 e. The monoisotopic (exact) mass is 101 g/mol. The molecule has 0 saturated carbocycles. The van der Waals surface area contributed by atoms with Crippen molar-refractivity contribution in [2.75, 3.05) is 0 Å². The zero-order chi connectivity index (χ0) is 5.86. The summed E-state index contributed by atoms with van der Waals surface area (Å²) < 4.78 is 0. The van der Waals surface area contributed by atoms with E-state index in [1.807, 2.05) is 13.8 Å². The summed E-state index contributed by atoms with van der Waals surface area (Å²) in [7, 11) is -0.375. The van der Waals surface area contributed by atoms with Gasteiger partial charge in [-0.05, 0) is 12.9 Å². The standard InChI is InChI=1S/C4H12BNO/c1-4(2)6-5(3)7/h4,6-7H,1-3H3. The number of nitrogens with one attached hydrogen (secondary N) is 1. The van der Waals surface area contributed by atoms with E-state index < -0.39 is 0 Å². The van der Waals surface area contributed by atoms with E-state index in [0.717, 1.165) is 0 Å². The fourth-order valence-corrected chi connectivity index (χ4v) is 0.482. The van der Waals surface area contributed by atoms with Gasteiger partial charge in [0.15, 0.2) is 0 Å². The van der Waals surface area contributed by atoms with Crippen LogP contribution in [-0.2, 0) is 0 Å². The summed E-state index contributed by atoms with van der Waals surface area (Å²) >= 11 is 0. The van der Waals surface area contributed by atoms with Crippen LogP contribution in [-0.4, -0.2) is 18.1 Å². The fraction of sp³-hybridized carbons (Fsp3) is 1.00. The summed E-state index contributed by atoms with van der Waals surface area (Å²) in [6.45, 7) is 5.69. The molecule has 42 valence electrons. The molecule has 0 radical (unpaired) electrons. The maximum absolute atomic E-state index is 8.61. The molecule has 0 saturated heterocycles. The molecular weight excluding hydrogens is 88.9 g/mol. The van der Waals surface area contributed by atoms with Gasteiger partial charge in [-0.25, -0.2) is 0 Å². The van der Waals surface area contributed by atoms with Gasteiger partial charge in [0.05, 0.1) is 0 Å². The first kappa shape index (κ1) is 6.98. The quantitative estimate of drug-likeness (QED) is 0.483. The van der Waals surface area contributed by atoms with Gasteiger partial charge in [-0.15, -0.1) is 0 Å². The topological polar surface area (TPSA) is 32.3 Å². The molecule has 0 amide bonds. The summed E-state index contributed by atoms with van der Waals surface area (Å²) in [6, 6.07) is 0.375. The minimum absolute atomic E-state index is 0.375. The molecule has 2 nitrogen and oxygen atoms in total. The van der Waals surface area contributed by atoms with Gasteiger partial charge in [-0.3, -0.25) is 0 Å². The zero-order valence-electron chi connectivity index (χ0n) is 5.10. The Morgan fingerprint density at radius 3 is 2.00 bits per heavy atom. The first-order chi connectivity index (χ1) is 3.13. The Morgan fingerprint density at radius 1 is 1.57 bits per heavy atom. The molecule has 0 rings (SSSR count).